The van der Waals surface area contributed by atoms with Gasteiger partial charge in [-0.05, 0) is 50.5 Å². The summed E-state index contributed by atoms with van der Waals surface area (Å²) < 4.78 is 27.0. The molecule has 6 nitrogen and oxygen atoms in total. The van der Waals surface area contributed by atoms with Gasteiger partial charge < -0.3 is 11.1 Å². The van der Waals surface area contributed by atoms with Crippen molar-refractivity contribution in [3.05, 3.63) is 29.8 Å². The smallest absolute Gasteiger partial charge is 0.251 e. The minimum atomic E-state index is -3.56. The van der Waals surface area contributed by atoms with Crippen LogP contribution in [-0.4, -0.2) is 32.5 Å². The molecule has 1 atom stereocenters. The second-order valence-corrected chi connectivity index (χ2v) is 7.81. The highest BCUT2D eigenvalue weighted by molar-refractivity contribution is 7.89. The largest absolute Gasteiger partial charge is 0.345 e. The van der Waals surface area contributed by atoms with Crippen molar-refractivity contribution in [2.24, 2.45) is 5.73 Å². The first-order valence-corrected chi connectivity index (χ1v) is 9.86. The molecule has 136 valence electrons. The average molecular weight is 356 g/mol. The zero-order chi connectivity index (χ0) is 18.4. The maximum absolute atomic E-state index is 12.4. The van der Waals surface area contributed by atoms with Crippen LogP contribution >= 0.6 is 0 Å². The highest BCUT2D eigenvalue weighted by Gasteiger charge is 2.27. The van der Waals surface area contributed by atoms with Gasteiger partial charge in [0.05, 0.1) is 10.4 Å². The zero-order valence-electron chi connectivity index (χ0n) is 14.9. The van der Waals surface area contributed by atoms with Crippen LogP contribution in [0, 0.1) is 0 Å². The Kier molecular flexibility index (Phi) is 7.38. The molecular formula is C17H29N3O3S. The standard InChI is InChI=1S/C17H29N3O3S/c1-5-13(4)20-24(22,23)15-10-8-14(9-11-15)16(21)19-17(6-2,7-3)12-18/h8-11,13,20H,5-7,12,18H2,1-4H3,(H,19,21). The fraction of sp³-hybridized carbons (Fsp3) is 0.588. The van der Waals surface area contributed by atoms with Gasteiger partial charge in [0.2, 0.25) is 10.0 Å². The number of hydrogen-bond acceptors (Lipinski definition) is 4. The lowest BCUT2D eigenvalue weighted by Crippen LogP contribution is -2.52. The van der Waals surface area contributed by atoms with Crippen LogP contribution < -0.4 is 15.8 Å². The molecule has 0 heterocycles. The van der Waals surface area contributed by atoms with Crippen molar-refractivity contribution < 1.29 is 13.2 Å². The number of carbonyl (C=O) groups is 1. The zero-order valence-corrected chi connectivity index (χ0v) is 15.7. The molecule has 0 bridgehead atoms. The molecule has 7 heteroatoms. The van der Waals surface area contributed by atoms with Crippen molar-refractivity contribution in [2.75, 3.05) is 6.54 Å². The molecule has 0 aromatic heterocycles. The number of carbonyl (C=O) groups excluding carboxylic acids is 1. The van der Waals surface area contributed by atoms with Gasteiger partial charge in [-0.2, -0.15) is 0 Å². The van der Waals surface area contributed by atoms with Crippen LogP contribution in [0.3, 0.4) is 0 Å². The summed E-state index contributed by atoms with van der Waals surface area (Å²) in [5, 5.41) is 2.97. The molecule has 1 amide bonds. The number of amides is 1. The molecule has 0 saturated heterocycles. The molecule has 1 aromatic rings. The summed E-state index contributed by atoms with van der Waals surface area (Å²) in [6.45, 7) is 8.03. The number of hydrogen-bond donors (Lipinski definition) is 3. The van der Waals surface area contributed by atoms with E-state index in [0.29, 0.717) is 18.5 Å². The molecule has 0 aliphatic rings. The van der Waals surface area contributed by atoms with Crippen LogP contribution in [0.5, 0.6) is 0 Å². The molecule has 0 radical (unpaired) electrons. The van der Waals surface area contributed by atoms with Crippen molar-refractivity contribution in [2.45, 2.75) is 63.4 Å². The van der Waals surface area contributed by atoms with Gasteiger partial charge in [-0.1, -0.05) is 20.8 Å². The van der Waals surface area contributed by atoms with E-state index in [4.69, 9.17) is 5.73 Å². The molecule has 0 aliphatic carbocycles. The monoisotopic (exact) mass is 355 g/mol. The second-order valence-electron chi connectivity index (χ2n) is 6.10. The number of nitrogens with two attached hydrogens (primary N) is 1. The predicted molar refractivity (Wildman–Crippen MR) is 96.4 cm³/mol. The molecule has 1 unspecified atom stereocenters. The van der Waals surface area contributed by atoms with Crippen LogP contribution in [0.15, 0.2) is 29.2 Å². The van der Waals surface area contributed by atoms with E-state index >= 15 is 0 Å². The van der Waals surface area contributed by atoms with Gasteiger partial charge in [0, 0.05) is 18.2 Å². The highest BCUT2D eigenvalue weighted by Crippen LogP contribution is 2.16. The lowest BCUT2D eigenvalue weighted by Gasteiger charge is -2.31. The van der Waals surface area contributed by atoms with Gasteiger partial charge in [-0.15, -0.1) is 0 Å². The summed E-state index contributed by atoms with van der Waals surface area (Å²) in [7, 11) is -3.56. The van der Waals surface area contributed by atoms with E-state index in [1.807, 2.05) is 20.8 Å². The number of rotatable bonds is 9. The Bertz CT molecular complexity index is 629. The van der Waals surface area contributed by atoms with E-state index < -0.39 is 15.6 Å². The van der Waals surface area contributed by atoms with Crippen LogP contribution in [-0.2, 0) is 10.0 Å². The fourth-order valence-corrected chi connectivity index (χ4v) is 3.61. The van der Waals surface area contributed by atoms with E-state index in [1.54, 1.807) is 6.92 Å². The van der Waals surface area contributed by atoms with Crippen LogP contribution in [0.1, 0.15) is 57.3 Å². The summed E-state index contributed by atoms with van der Waals surface area (Å²) in [4.78, 5) is 12.5. The van der Waals surface area contributed by atoms with E-state index in [2.05, 4.69) is 10.0 Å². The lowest BCUT2D eigenvalue weighted by atomic mass is 9.92. The second kappa shape index (κ2) is 8.60. The number of nitrogens with one attached hydrogen (secondary N) is 2. The Morgan fingerprint density at radius 3 is 2.12 bits per heavy atom. The first kappa shape index (κ1) is 20.6. The first-order valence-electron chi connectivity index (χ1n) is 8.38. The fourth-order valence-electron chi connectivity index (χ4n) is 2.28. The van der Waals surface area contributed by atoms with Crippen molar-refractivity contribution in [1.29, 1.82) is 0 Å². The van der Waals surface area contributed by atoms with E-state index in [9.17, 15) is 13.2 Å². The van der Waals surface area contributed by atoms with Crippen LogP contribution in [0.25, 0.3) is 0 Å². The lowest BCUT2D eigenvalue weighted by molar-refractivity contribution is 0.0895. The Hall–Kier alpha value is -1.44. The van der Waals surface area contributed by atoms with Crippen molar-refractivity contribution >= 4 is 15.9 Å². The van der Waals surface area contributed by atoms with Gasteiger partial charge >= 0.3 is 0 Å². The Labute approximate surface area is 145 Å². The summed E-state index contributed by atoms with van der Waals surface area (Å²) in [6.07, 6.45) is 2.17. The Morgan fingerprint density at radius 1 is 1.17 bits per heavy atom. The summed E-state index contributed by atoms with van der Waals surface area (Å²) in [5.74, 6) is -0.247. The third-order valence-corrected chi connectivity index (χ3v) is 6.12. The summed E-state index contributed by atoms with van der Waals surface area (Å²) in [5.41, 5.74) is 5.78. The predicted octanol–water partition coefficient (Wildman–Crippen LogP) is 2.01. The van der Waals surface area contributed by atoms with Crippen LogP contribution in [0.4, 0.5) is 0 Å². The van der Waals surface area contributed by atoms with Gasteiger partial charge in [-0.25, -0.2) is 13.1 Å². The van der Waals surface area contributed by atoms with E-state index in [0.717, 1.165) is 12.8 Å². The van der Waals surface area contributed by atoms with E-state index in [1.165, 1.54) is 24.3 Å². The van der Waals surface area contributed by atoms with Crippen molar-refractivity contribution in [1.82, 2.24) is 10.0 Å². The summed E-state index contributed by atoms with van der Waals surface area (Å²) >= 11 is 0. The van der Waals surface area contributed by atoms with Crippen molar-refractivity contribution in [3.8, 4) is 0 Å². The minimum absolute atomic E-state index is 0.141. The Balaban J connectivity index is 2.93. The normalized spacial score (nSPS) is 13.5. The third kappa shape index (κ3) is 5.03. The molecule has 0 saturated carbocycles. The minimum Gasteiger partial charge on any atom is -0.345 e. The first-order chi connectivity index (χ1) is 11.2. The average Bonchev–Trinajstić information content (AvgIpc) is 2.59. The molecule has 24 heavy (non-hydrogen) atoms. The Morgan fingerprint density at radius 2 is 1.71 bits per heavy atom. The van der Waals surface area contributed by atoms with Gasteiger partial charge in [0.15, 0.2) is 0 Å². The summed E-state index contributed by atoms with van der Waals surface area (Å²) in [6, 6.07) is 5.79. The molecule has 4 N–H and O–H groups in total. The van der Waals surface area contributed by atoms with Crippen LogP contribution in [0.2, 0.25) is 0 Å². The molecule has 0 aliphatic heterocycles. The van der Waals surface area contributed by atoms with Gasteiger partial charge in [0.25, 0.3) is 5.91 Å². The molecule has 0 spiro atoms. The topological polar surface area (TPSA) is 101 Å². The van der Waals surface area contributed by atoms with Crippen molar-refractivity contribution in [3.63, 3.8) is 0 Å². The molecule has 0 fully saturated rings. The number of benzene rings is 1. The molecular weight excluding hydrogens is 326 g/mol. The van der Waals surface area contributed by atoms with Gasteiger partial charge in [0.1, 0.15) is 0 Å². The number of sulfonamides is 1. The SMILES string of the molecule is CCC(C)NS(=O)(=O)c1ccc(C(=O)NC(CC)(CC)CN)cc1. The maximum Gasteiger partial charge on any atom is 0.251 e. The van der Waals surface area contributed by atoms with Gasteiger partial charge in [-0.3, -0.25) is 4.79 Å². The highest BCUT2D eigenvalue weighted by atomic mass is 32.2. The molecule has 1 aromatic carbocycles. The quantitative estimate of drug-likeness (QED) is 0.630. The molecule has 1 rings (SSSR count). The van der Waals surface area contributed by atoms with E-state index in [-0.39, 0.29) is 16.8 Å². The maximum atomic E-state index is 12.4. The third-order valence-electron chi connectivity index (χ3n) is 4.52.